The van der Waals surface area contributed by atoms with E-state index in [1.807, 2.05) is 4.90 Å². The van der Waals surface area contributed by atoms with E-state index in [-0.39, 0.29) is 23.4 Å². The molecular weight excluding hydrogens is 352 g/mol. The van der Waals surface area contributed by atoms with E-state index >= 15 is 0 Å². The molecule has 0 N–H and O–H groups in total. The van der Waals surface area contributed by atoms with Crippen LogP contribution in [0.1, 0.15) is 57.7 Å². The molecule has 1 atom stereocenters. The van der Waals surface area contributed by atoms with Crippen LogP contribution in [0.25, 0.3) is 0 Å². The average Bonchev–Trinajstić information content (AvgIpc) is 3.26. The van der Waals surface area contributed by atoms with E-state index in [4.69, 9.17) is 4.74 Å². The number of cyclic esters (lactones) is 1. The average molecular weight is 378 g/mol. The molecule has 142 valence electrons. The molecule has 1 amide bonds. The van der Waals surface area contributed by atoms with Crippen molar-refractivity contribution in [1.29, 1.82) is 0 Å². The molecule has 0 bridgehead atoms. The summed E-state index contributed by atoms with van der Waals surface area (Å²) in [5, 5.41) is 9.51. The summed E-state index contributed by atoms with van der Waals surface area (Å²) in [7, 11) is 0. The van der Waals surface area contributed by atoms with E-state index in [1.165, 1.54) is 0 Å². The molecule has 2 aliphatic heterocycles. The van der Waals surface area contributed by atoms with Gasteiger partial charge in [-0.25, -0.2) is 0 Å². The Labute approximate surface area is 157 Å². The molecule has 3 heterocycles. The molecule has 1 aromatic rings. The summed E-state index contributed by atoms with van der Waals surface area (Å²) in [6.07, 6.45) is 6.57. The van der Waals surface area contributed by atoms with Gasteiger partial charge in [0.2, 0.25) is 5.91 Å². The minimum Gasteiger partial charge on any atom is -0.461 e. The molecule has 8 heteroatoms. The molecule has 3 aliphatic rings. The van der Waals surface area contributed by atoms with Gasteiger partial charge < -0.3 is 14.2 Å². The van der Waals surface area contributed by atoms with Crippen molar-refractivity contribution in [3.63, 3.8) is 0 Å². The van der Waals surface area contributed by atoms with Gasteiger partial charge in [-0.15, -0.1) is 10.2 Å². The third-order valence-electron chi connectivity index (χ3n) is 5.69. The zero-order chi connectivity index (χ0) is 18.1. The van der Waals surface area contributed by atoms with Gasteiger partial charge in [0.05, 0.1) is 12.0 Å². The molecule has 1 saturated carbocycles. The maximum absolute atomic E-state index is 12.2. The number of likely N-dealkylation sites (tertiary alicyclic amines) is 1. The number of carbonyl (C=O) groups excluding carboxylic acids is 2. The summed E-state index contributed by atoms with van der Waals surface area (Å²) in [6.45, 7) is 4.16. The van der Waals surface area contributed by atoms with Crippen LogP contribution in [0.2, 0.25) is 0 Å². The Balaban J connectivity index is 1.38. The van der Waals surface area contributed by atoms with Crippen molar-refractivity contribution in [1.82, 2.24) is 19.7 Å². The topological polar surface area (TPSA) is 77.3 Å². The number of aromatic nitrogens is 3. The molecule has 26 heavy (non-hydrogen) atoms. The first kappa shape index (κ1) is 17.8. The number of nitrogens with zero attached hydrogens (tertiary/aromatic N) is 4. The number of hydrogen-bond donors (Lipinski definition) is 0. The first-order valence-corrected chi connectivity index (χ1v) is 10.6. The van der Waals surface area contributed by atoms with Crippen LogP contribution in [0.4, 0.5) is 0 Å². The Morgan fingerprint density at radius 1 is 1.23 bits per heavy atom. The fourth-order valence-electron chi connectivity index (χ4n) is 3.89. The Hall–Kier alpha value is -1.57. The van der Waals surface area contributed by atoms with Crippen molar-refractivity contribution in [2.24, 2.45) is 5.41 Å². The fraction of sp³-hybridized carbons (Fsp3) is 0.778. The minimum absolute atomic E-state index is 0.0135. The van der Waals surface area contributed by atoms with Crippen molar-refractivity contribution < 1.29 is 14.3 Å². The first-order chi connectivity index (χ1) is 12.6. The van der Waals surface area contributed by atoms with Gasteiger partial charge in [-0.2, -0.15) is 0 Å². The van der Waals surface area contributed by atoms with Crippen LogP contribution in [-0.2, 0) is 27.4 Å². The summed E-state index contributed by atoms with van der Waals surface area (Å²) in [4.78, 5) is 26.0. The largest absolute Gasteiger partial charge is 0.461 e. The third kappa shape index (κ3) is 3.48. The summed E-state index contributed by atoms with van der Waals surface area (Å²) in [5.41, 5.74) is -0.151. The number of rotatable bonds is 6. The zero-order valence-electron chi connectivity index (χ0n) is 15.3. The van der Waals surface area contributed by atoms with Gasteiger partial charge in [0.25, 0.3) is 0 Å². The quantitative estimate of drug-likeness (QED) is 0.559. The van der Waals surface area contributed by atoms with Gasteiger partial charge in [-0.1, -0.05) is 18.2 Å². The highest BCUT2D eigenvalue weighted by molar-refractivity contribution is 7.99. The minimum atomic E-state index is -0.151. The number of ether oxygens (including phenoxy) is 1. The molecule has 1 unspecified atom stereocenters. The van der Waals surface area contributed by atoms with Gasteiger partial charge in [0, 0.05) is 31.7 Å². The van der Waals surface area contributed by atoms with Crippen LogP contribution >= 0.6 is 11.8 Å². The Kier molecular flexibility index (Phi) is 4.94. The Morgan fingerprint density at radius 2 is 2.08 bits per heavy atom. The van der Waals surface area contributed by atoms with E-state index in [1.54, 1.807) is 11.8 Å². The number of thioether (sulfide) groups is 1. The van der Waals surface area contributed by atoms with Gasteiger partial charge in [0.15, 0.2) is 11.0 Å². The van der Waals surface area contributed by atoms with Crippen LogP contribution < -0.4 is 0 Å². The summed E-state index contributed by atoms with van der Waals surface area (Å²) in [6, 6.07) is 0. The zero-order valence-corrected chi connectivity index (χ0v) is 16.1. The molecule has 1 aromatic heterocycles. The lowest BCUT2D eigenvalue weighted by atomic mass is 10.0. The van der Waals surface area contributed by atoms with Crippen LogP contribution in [-0.4, -0.2) is 49.9 Å². The number of esters is 1. The van der Waals surface area contributed by atoms with E-state index in [0.717, 1.165) is 62.6 Å². The molecule has 4 rings (SSSR count). The van der Waals surface area contributed by atoms with Crippen molar-refractivity contribution in [2.45, 2.75) is 76.2 Å². The maximum atomic E-state index is 12.2. The van der Waals surface area contributed by atoms with E-state index in [2.05, 4.69) is 21.7 Å². The van der Waals surface area contributed by atoms with Crippen LogP contribution in [0.5, 0.6) is 0 Å². The second-order valence-electron chi connectivity index (χ2n) is 7.59. The smallest absolute Gasteiger partial charge is 0.312 e. The van der Waals surface area contributed by atoms with E-state index < -0.39 is 0 Å². The summed E-state index contributed by atoms with van der Waals surface area (Å²) >= 11 is 1.60. The summed E-state index contributed by atoms with van der Waals surface area (Å²) in [5.74, 6) is 1.76. The van der Waals surface area contributed by atoms with Gasteiger partial charge in [-0.05, 0) is 32.6 Å². The first-order valence-electron chi connectivity index (χ1n) is 9.65. The lowest BCUT2D eigenvalue weighted by Gasteiger charge is -2.20. The monoisotopic (exact) mass is 378 g/mol. The second-order valence-corrected chi connectivity index (χ2v) is 8.58. The van der Waals surface area contributed by atoms with Crippen molar-refractivity contribution in [3.05, 3.63) is 5.82 Å². The van der Waals surface area contributed by atoms with E-state index in [0.29, 0.717) is 18.7 Å². The molecule has 0 aromatic carbocycles. The fourth-order valence-corrected chi connectivity index (χ4v) is 4.90. The highest BCUT2D eigenvalue weighted by atomic mass is 32.2. The molecule has 1 aliphatic carbocycles. The Morgan fingerprint density at radius 3 is 2.81 bits per heavy atom. The molecular formula is C18H26N4O3S. The van der Waals surface area contributed by atoms with E-state index in [9.17, 15) is 9.59 Å². The van der Waals surface area contributed by atoms with Gasteiger partial charge >= 0.3 is 5.97 Å². The third-order valence-corrected chi connectivity index (χ3v) is 6.79. The standard InChI is InChI=1S/C18H26N4O3S/c1-2-22-14(11-21-9-5-3-4-6-15(21)23)19-20-17(22)26-12-13-10-18(7-8-18)16(24)25-13/h13H,2-12H2,1H3. The van der Waals surface area contributed by atoms with Crippen LogP contribution in [0.3, 0.4) is 0 Å². The number of amides is 1. The maximum Gasteiger partial charge on any atom is 0.312 e. The predicted octanol–water partition coefficient (Wildman–Crippen LogP) is 2.39. The summed E-state index contributed by atoms with van der Waals surface area (Å²) < 4.78 is 7.60. The van der Waals surface area contributed by atoms with Crippen LogP contribution in [0.15, 0.2) is 5.16 Å². The SMILES string of the molecule is CCn1c(CN2CCCCCC2=O)nnc1SCC1CC2(CC2)C(=O)O1. The van der Waals surface area contributed by atoms with Gasteiger partial charge in [0.1, 0.15) is 6.10 Å². The molecule has 1 spiro atoms. The lowest BCUT2D eigenvalue weighted by molar-refractivity contribution is -0.144. The van der Waals surface area contributed by atoms with Crippen molar-refractivity contribution in [2.75, 3.05) is 12.3 Å². The van der Waals surface area contributed by atoms with Crippen LogP contribution in [0, 0.1) is 5.41 Å². The molecule has 3 fully saturated rings. The van der Waals surface area contributed by atoms with Crippen molar-refractivity contribution in [3.8, 4) is 0 Å². The normalized spacial score (nSPS) is 24.8. The molecule has 0 radical (unpaired) electrons. The number of carbonyl (C=O) groups is 2. The molecule has 2 saturated heterocycles. The second kappa shape index (κ2) is 7.21. The predicted molar refractivity (Wildman–Crippen MR) is 96.5 cm³/mol. The highest BCUT2D eigenvalue weighted by Gasteiger charge is 2.57. The van der Waals surface area contributed by atoms with Gasteiger partial charge in [-0.3, -0.25) is 9.59 Å². The Bertz CT molecular complexity index is 701. The highest BCUT2D eigenvalue weighted by Crippen LogP contribution is 2.55. The number of hydrogen-bond acceptors (Lipinski definition) is 6. The lowest BCUT2D eigenvalue weighted by Crippen LogP contribution is -2.31. The molecule has 7 nitrogen and oxygen atoms in total. The van der Waals surface area contributed by atoms with Crippen molar-refractivity contribution >= 4 is 23.6 Å².